The fourth-order valence-electron chi connectivity index (χ4n) is 2.94. The maximum absolute atomic E-state index is 3.70. The number of benzene rings is 1. The molecule has 2 rings (SSSR count). The number of nitrogens with one attached hydrogen (secondary N) is 1. The van der Waals surface area contributed by atoms with Gasteiger partial charge in [0.25, 0.3) is 0 Å². The molecule has 1 aliphatic rings. The molecule has 1 aliphatic heterocycles. The van der Waals surface area contributed by atoms with Crippen molar-refractivity contribution < 1.29 is 0 Å². The van der Waals surface area contributed by atoms with Gasteiger partial charge in [-0.2, -0.15) is 0 Å². The minimum atomic E-state index is 0.457. The summed E-state index contributed by atoms with van der Waals surface area (Å²) in [5.41, 5.74) is 2.83. The van der Waals surface area contributed by atoms with E-state index in [1.165, 1.54) is 37.1 Å². The van der Waals surface area contributed by atoms with E-state index in [1.54, 1.807) is 0 Å². The van der Waals surface area contributed by atoms with Crippen LogP contribution >= 0.6 is 0 Å². The number of rotatable bonds is 5. The van der Waals surface area contributed by atoms with Gasteiger partial charge < -0.3 is 10.2 Å². The summed E-state index contributed by atoms with van der Waals surface area (Å²) < 4.78 is 0. The Labute approximate surface area is 118 Å². The Hall–Kier alpha value is -0.860. The predicted molar refractivity (Wildman–Crippen MR) is 82.5 cm³/mol. The van der Waals surface area contributed by atoms with Gasteiger partial charge in [-0.15, -0.1) is 0 Å². The lowest BCUT2D eigenvalue weighted by molar-refractivity contribution is 0.203. The largest absolute Gasteiger partial charge is 0.310 e. The van der Waals surface area contributed by atoms with Crippen LogP contribution in [0.2, 0.25) is 0 Å². The van der Waals surface area contributed by atoms with E-state index in [9.17, 15) is 0 Å². The lowest BCUT2D eigenvalue weighted by Gasteiger charge is -2.30. The fourth-order valence-corrected chi connectivity index (χ4v) is 2.94. The molecule has 1 aromatic carbocycles. The molecule has 0 aromatic heterocycles. The maximum Gasteiger partial charge on any atom is 0.0291 e. The standard InChI is InChI=1S/C17H28N2/c1-4-15-7-9-17(10-8-15)14(2)18-12-16-6-5-11-19(3)13-16/h7-10,14,16,18H,4-6,11-13H2,1-3H3. The minimum absolute atomic E-state index is 0.457. The Bertz CT molecular complexity index is 371. The Morgan fingerprint density at radius 2 is 2.05 bits per heavy atom. The fraction of sp³-hybridized carbons (Fsp3) is 0.647. The minimum Gasteiger partial charge on any atom is -0.310 e. The number of nitrogens with zero attached hydrogens (tertiary/aromatic N) is 1. The molecule has 2 nitrogen and oxygen atoms in total. The summed E-state index contributed by atoms with van der Waals surface area (Å²) in [4.78, 5) is 2.45. The molecule has 0 radical (unpaired) electrons. The predicted octanol–water partition coefficient (Wildman–Crippen LogP) is 3.24. The Balaban J connectivity index is 1.81. The second-order valence-electron chi connectivity index (χ2n) is 6.00. The summed E-state index contributed by atoms with van der Waals surface area (Å²) in [6.45, 7) is 8.13. The van der Waals surface area contributed by atoms with Gasteiger partial charge >= 0.3 is 0 Å². The molecule has 0 amide bonds. The van der Waals surface area contributed by atoms with Crippen LogP contribution in [0, 0.1) is 5.92 Å². The third-order valence-electron chi connectivity index (χ3n) is 4.32. The molecular weight excluding hydrogens is 232 g/mol. The molecule has 1 fully saturated rings. The lowest BCUT2D eigenvalue weighted by atomic mass is 9.97. The quantitative estimate of drug-likeness (QED) is 0.874. The van der Waals surface area contributed by atoms with E-state index < -0.39 is 0 Å². The van der Waals surface area contributed by atoms with Crippen LogP contribution in [0.4, 0.5) is 0 Å². The zero-order chi connectivity index (χ0) is 13.7. The van der Waals surface area contributed by atoms with Crippen LogP contribution in [0.5, 0.6) is 0 Å². The van der Waals surface area contributed by atoms with Crippen molar-refractivity contribution in [2.24, 2.45) is 5.92 Å². The highest BCUT2D eigenvalue weighted by molar-refractivity contribution is 5.24. The van der Waals surface area contributed by atoms with E-state index in [4.69, 9.17) is 0 Å². The topological polar surface area (TPSA) is 15.3 Å². The van der Waals surface area contributed by atoms with Crippen LogP contribution in [0.15, 0.2) is 24.3 Å². The molecule has 0 bridgehead atoms. The molecule has 2 heteroatoms. The smallest absolute Gasteiger partial charge is 0.0291 e. The molecule has 1 aromatic rings. The number of likely N-dealkylation sites (tertiary alicyclic amines) is 1. The van der Waals surface area contributed by atoms with Gasteiger partial charge in [0, 0.05) is 12.6 Å². The van der Waals surface area contributed by atoms with Crippen molar-refractivity contribution in [3.05, 3.63) is 35.4 Å². The average Bonchev–Trinajstić information content (AvgIpc) is 2.45. The van der Waals surface area contributed by atoms with Gasteiger partial charge in [-0.05, 0) is 63.4 Å². The molecular formula is C17H28N2. The van der Waals surface area contributed by atoms with Crippen molar-refractivity contribution in [1.82, 2.24) is 10.2 Å². The highest BCUT2D eigenvalue weighted by atomic mass is 15.1. The van der Waals surface area contributed by atoms with Gasteiger partial charge in [-0.1, -0.05) is 31.2 Å². The van der Waals surface area contributed by atoms with Crippen LogP contribution in [0.3, 0.4) is 0 Å². The van der Waals surface area contributed by atoms with Crippen LogP contribution in [-0.4, -0.2) is 31.6 Å². The van der Waals surface area contributed by atoms with E-state index in [-0.39, 0.29) is 0 Å². The summed E-state index contributed by atoms with van der Waals surface area (Å²) in [5.74, 6) is 0.816. The van der Waals surface area contributed by atoms with E-state index in [0.717, 1.165) is 18.9 Å². The van der Waals surface area contributed by atoms with E-state index in [0.29, 0.717) is 6.04 Å². The Kier molecular flexibility index (Phi) is 5.41. The van der Waals surface area contributed by atoms with Gasteiger partial charge in [-0.25, -0.2) is 0 Å². The van der Waals surface area contributed by atoms with E-state index in [2.05, 4.69) is 55.4 Å². The number of hydrogen-bond donors (Lipinski definition) is 1. The number of aryl methyl sites for hydroxylation is 1. The summed E-state index contributed by atoms with van der Waals surface area (Å²) in [7, 11) is 2.24. The average molecular weight is 260 g/mol. The van der Waals surface area contributed by atoms with Gasteiger partial charge in [0.15, 0.2) is 0 Å². The highest BCUT2D eigenvalue weighted by Gasteiger charge is 2.17. The van der Waals surface area contributed by atoms with Crippen molar-refractivity contribution in [2.75, 3.05) is 26.7 Å². The van der Waals surface area contributed by atoms with Crippen LogP contribution in [0.25, 0.3) is 0 Å². The maximum atomic E-state index is 3.70. The van der Waals surface area contributed by atoms with Crippen LogP contribution in [-0.2, 0) is 6.42 Å². The first kappa shape index (κ1) is 14.5. The summed E-state index contributed by atoms with van der Waals surface area (Å²) >= 11 is 0. The van der Waals surface area contributed by atoms with Gasteiger partial charge in [0.2, 0.25) is 0 Å². The second-order valence-corrected chi connectivity index (χ2v) is 6.00. The summed E-state index contributed by atoms with van der Waals surface area (Å²) in [5, 5.41) is 3.70. The summed E-state index contributed by atoms with van der Waals surface area (Å²) in [6.07, 6.45) is 3.84. The molecule has 1 heterocycles. The number of hydrogen-bond acceptors (Lipinski definition) is 2. The van der Waals surface area contributed by atoms with Crippen molar-refractivity contribution in [3.8, 4) is 0 Å². The lowest BCUT2D eigenvalue weighted by Crippen LogP contribution is -2.37. The van der Waals surface area contributed by atoms with Gasteiger partial charge in [0.05, 0.1) is 0 Å². The third kappa shape index (κ3) is 4.32. The molecule has 0 saturated carbocycles. The normalized spacial score (nSPS) is 22.4. The first-order valence-electron chi connectivity index (χ1n) is 7.69. The van der Waals surface area contributed by atoms with Gasteiger partial charge in [-0.3, -0.25) is 0 Å². The number of piperidine rings is 1. The molecule has 2 atom stereocenters. The zero-order valence-corrected chi connectivity index (χ0v) is 12.7. The van der Waals surface area contributed by atoms with Crippen molar-refractivity contribution >= 4 is 0 Å². The first-order valence-corrected chi connectivity index (χ1v) is 7.69. The van der Waals surface area contributed by atoms with E-state index >= 15 is 0 Å². The van der Waals surface area contributed by atoms with Crippen LogP contribution in [0.1, 0.15) is 43.9 Å². The first-order chi connectivity index (χ1) is 9.19. The molecule has 1 saturated heterocycles. The summed E-state index contributed by atoms with van der Waals surface area (Å²) in [6, 6.07) is 9.50. The second kappa shape index (κ2) is 7.06. The van der Waals surface area contributed by atoms with Crippen molar-refractivity contribution in [3.63, 3.8) is 0 Å². The monoisotopic (exact) mass is 260 g/mol. The molecule has 0 spiro atoms. The highest BCUT2D eigenvalue weighted by Crippen LogP contribution is 2.17. The van der Waals surface area contributed by atoms with Gasteiger partial charge in [0.1, 0.15) is 0 Å². The third-order valence-corrected chi connectivity index (χ3v) is 4.32. The van der Waals surface area contributed by atoms with Crippen molar-refractivity contribution in [2.45, 2.75) is 39.2 Å². The SMILES string of the molecule is CCc1ccc(C(C)NCC2CCCN(C)C2)cc1. The van der Waals surface area contributed by atoms with Crippen molar-refractivity contribution in [1.29, 1.82) is 0 Å². The molecule has 106 valence electrons. The van der Waals surface area contributed by atoms with E-state index in [1.807, 2.05) is 0 Å². The zero-order valence-electron chi connectivity index (χ0n) is 12.7. The Morgan fingerprint density at radius 3 is 2.68 bits per heavy atom. The molecule has 2 unspecified atom stereocenters. The van der Waals surface area contributed by atoms with Crippen LogP contribution < -0.4 is 5.32 Å². The molecule has 1 N–H and O–H groups in total. The molecule has 19 heavy (non-hydrogen) atoms. The molecule has 0 aliphatic carbocycles. The Morgan fingerprint density at radius 1 is 1.32 bits per heavy atom.